The van der Waals surface area contributed by atoms with Gasteiger partial charge in [0.05, 0.1) is 35.8 Å². The third kappa shape index (κ3) is 4.36. The molecule has 10 heteroatoms. The quantitative estimate of drug-likeness (QED) is 0.451. The van der Waals surface area contributed by atoms with E-state index in [-0.39, 0.29) is 29.1 Å². The molecule has 1 N–H and O–H groups in total. The number of nitrogens with one attached hydrogen (secondary N) is 1. The monoisotopic (exact) mass is 460 g/mol. The third-order valence-electron chi connectivity index (χ3n) is 5.39. The van der Waals surface area contributed by atoms with E-state index in [1.807, 2.05) is 5.92 Å². The van der Waals surface area contributed by atoms with Gasteiger partial charge in [0.1, 0.15) is 29.5 Å². The van der Waals surface area contributed by atoms with Crippen LogP contribution >= 0.6 is 0 Å². The van der Waals surface area contributed by atoms with Crippen molar-refractivity contribution < 1.29 is 27.0 Å². The van der Waals surface area contributed by atoms with Crippen molar-refractivity contribution in [2.75, 3.05) is 32.6 Å². The number of piperidine rings is 1. The van der Waals surface area contributed by atoms with Gasteiger partial charge in [0, 0.05) is 25.1 Å². The largest absolute Gasteiger partial charge is 0.497 e. The molecule has 3 aromatic rings. The molecule has 33 heavy (non-hydrogen) atoms. The summed E-state index contributed by atoms with van der Waals surface area (Å²) in [7, 11) is 3.04. The summed E-state index contributed by atoms with van der Waals surface area (Å²) < 4.78 is 68.9. The minimum Gasteiger partial charge on any atom is -0.497 e. The lowest BCUT2D eigenvalue weighted by Crippen LogP contribution is -2.52. The zero-order chi connectivity index (χ0) is 23.8. The number of nitrogens with zero attached hydrogens (tertiary/aromatic N) is 3. The highest BCUT2D eigenvalue weighted by atomic mass is 19.3. The number of hydrogen-bond donors (Lipinski definition) is 1. The van der Waals surface area contributed by atoms with Crippen LogP contribution in [0.1, 0.15) is 12.0 Å². The molecule has 0 saturated carbocycles. The average molecular weight is 460 g/mol. The van der Waals surface area contributed by atoms with Crippen molar-refractivity contribution in [2.45, 2.75) is 18.4 Å². The highest BCUT2D eigenvalue weighted by Crippen LogP contribution is 2.39. The first-order chi connectivity index (χ1) is 15.7. The molecule has 1 aromatic heterocycles. The molecule has 0 unspecified atom stereocenters. The van der Waals surface area contributed by atoms with Gasteiger partial charge in [-0.15, -0.1) is 6.42 Å². The first-order valence-electron chi connectivity index (χ1n) is 10.0. The normalized spacial score (nSPS) is 18.0. The summed E-state index contributed by atoms with van der Waals surface area (Å²) in [6, 6.07) is 5.19. The van der Waals surface area contributed by atoms with Gasteiger partial charge in [-0.1, -0.05) is 5.92 Å². The molecule has 0 amide bonds. The zero-order valence-electron chi connectivity index (χ0n) is 17.8. The van der Waals surface area contributed by atoms with E-state index in [4.69, 9.17) is 15.9 Å². The Balaban J connectivity index is 1.80. The van der Waals surface area contributed by atoms with E-state index >= 15 is 0 Å². The van der Waals surface area contributed by atoms with E-state index in [2.05, 4.69) is 15.3 Å². The molecule has 2 aromatic carbocycles. The molecule has 0 spiro atoms. The molecular weight excluding hydrogens is 440 g/mol. The van der Waals surface area contributed by atoms with Crippen molar-refractivity contribution in [3.05, 3.63) is 47.8 Å². The molecule has 1 atom stereocenters. The number of alkyl halides is 2. The van der Waals surface area contributed by atoms with Crippen molar-refractivity contribution >= 4 is 22.4 Å². The molecule has 1 saturated heterocycles. The Bertz CT molecular complexity index is 1250. The number of aromatic nitrogens is 2. The second kappa shape index (κ2) is 8.75. The lowest BCUT2D eigenvalue weighted by atomic mass is 10.0. The Labute approximate surface area is 187 Å². The van der Waals surface area contributed by atoms with Gasteiger partial charge in [-0.3, -0.25) is 0 Å². The number of rotatable bonds is 5. The van der Waals surface area contributed by atoms with Crippen molar-refractivity contribution in [2.24, 2.45) is 0 Å². The lowest BCUT2D eigenvalue weighted by Gasteiger charge is -2.36. The first kappa shape index (κ1) is 22.6. The van der Waals surface area contributed by atoms with Crippen LogP contribution in [-0.2, 0) is 0 Å². The number of likely N-dealkylation sites (tertiary alicyclic amines) is 1. The van der Waals surface area contributed by atoms with Gasteiger partial charge in [-0.25, -0.2) is 27.5 Å². The molecule has 1 aliphatic rings. The van der Waals surface area contributed by atoms with E-state index in [1.54, 1.807) is 13.1 Å². The first-order valence-corrected chi connectivity index (χ1v) is 10.0. The Morgan fingerprint density at radius 1 is 1.24 bits per heavy atom. The van der Waals surface area contributed by atoms with Gasteiger partial charge in [-0.05, 0) is 19.2 Å². The van der Waals surface area contributed by atoms with Crippen LogP contribution < -0.4 is 14.8 Å². The van der Waals surface area contributed by atoms with Gasteiger partial charge >= 0.3 is 0 Å². The van der Waals surface area contributed by atoms with E-state index in [9.17, 15) is 17.6 Å². The summed E-state index contributed by atoms with van der Waals surface area (Å²) >= 11 is 0. The highest BCUT2D eigenvalue weighted by molar-refractivity contribution is 5.96. The number of benzene rings is 2. The third-order valence-corrected chi connectivity index (χ3v) is 5.39. The number of ether oxygens (including phenoxy) is 2. The molecule has 0 aliphatic carbocycles. The van der Waals surface area contributed by atoms with Crippen LogP contribution in [0.15, 0.2) is 30.6 Å². The second-order valence-electron chi connectivity index (χ2n) is 7.69. The van der Waals surface area contributed by atoms with Crippen molar-refractivity contribution in [1.82, 2.24) is 14.9 Å². The van der Waals surface area contributed by atoms with Crippen LogP contribution in [0.3, 0.4) is 0 Å². The van der Waals surface area contributed by atoms with Crippen LogP contribution in [0.25, 0.3) is 10.9 Å². The maximum Gasteiger partial charge on any atom is 0.296 e. The predicted octanol–water partition coefficient (Wildman–Crippen LogP) is 4.36. The Morgan fingerprint density at radius 2 is 2.03 bits per heavy atom. The standard InChI is InChI=1S/C23H20F4N4O2/c1-4-14-15(24)5-6-16(21(14)25)30-22-20-17(28-12-29-22)9-13(32-3)10-18(20)33-19-7-8-31(2)11-23(19,26)27/h1,5-6,9-10,12,19H,7-8,11H2,2-3H3,(H,28,29,30)/t19-/m0/s1. The van der Waals surface area contributed by atoms with Crippen molar-refractivity contribution in [3.63, 3.8) is 0 Å². The number of methoxy groups -OCH3 is 1. The molecule has 6 nitrogen and oxygen atoms in total. The molecule has 172 valence electrons. The summed E-state index contributed by atoms with van der Waals surface area (Å²) in [6.45, 7) is -0.0176. The van der Waals surface area contributed by atoms with Crippen molar-refractivity contribution in [1.29, 1.82) is 0 Å². The summed E-state index contributed by atoms with van der Waals surface area (Å²) in [5, 5.41) is 2.99. The fraction of sp³-hybridized carbons (Fsp3) is 0.304. The molecule has 1 aliphatic heterocycles. The topological polar surface area (TPSA) is 59.5 Å². The van der Waals surface area contributed by atoms with Crippen molar-refractivity contribution in [3.8, 4) is 23.8 Å². The molecule has 0 radical (unpaired) electrons. The molecule has 2 heterocycles. The van der Waals surface area contributed by atoms with E-state index in [0.29, 0.717) is 17.8 Å². The number of fused-ring (bicyclic) bond motifs is 1. The smallest absolute Gasteiger partial charge is 0.296 e. The summed E-state index contributed by atoms with van der Waals surface area (Å²) in [6.07, 6.45) is 5.12. The summed E-state index contributed by atoms with van der Waals surface area (Å²) in [5.41, 5.74) is -0.365. The number of hydrogen-bond acceptors (Lipinski definition) is 6. The van der Waals surface area contributed by atoms with E-state index in [0.717, 1.165) is 12.1 Å². The Morgan fingerprint density at radius 3 is 2.73 bits per heavy atom. The minimum atomic E-state index is -3.10. The maximum atomic E-state index is 14.7. The molecule has 1 fully saturated rings. The van der Waals surface area contributed by atoms with Gasteiger partial charge in [0.2, 0.25) is 0 Å². The summed E-state index contributed by atoms with van der Waals surface area (Å²) in [5.74, 6) is -2.55. The SMILES string of the molecule is C#Cc1c(F)ccc(Nc2ncnc3cc(OC)cc(O[C@H]4CCN(C)CC4(F)F)c23)c1F. The fourth-order valence-electron chi connectivity index (χ4n) is 3.73. The average Bonchev–Trinajstić information content (AvgIpc) is 2.77. The molecule has 0 bridgehead atoms. The Kier molecular flexibility index (Phi) is 5.99. The molecular formula is C23H20F4N4O2. The summed E-state index contributed by atoms with van der Waals surface area (Å²) in [4.78, 5) is 9.83. The van der Waals surface area contributed by atoms with Gasteiger partial charge in [0.25, 0.3) is 5.92 Å². The van der Waals surface area contributed by atoms with E-state index < -0.39 is 35.8 Å². The maximum absolute atomic E-state index is 14.7. The van der Waals surface area contributed by atoms with Gasteiger partial charge in [0.15, 0.2) is 11.9 Å². The number of anilines is 2. The zero-order valence-corrected chi connectivity index (χ0v) is 17.8. The van der Waals surface area contributed by atoms with Gasteiger partial charge in [-0.2, -0.15) is 0 Å². The number of terminal acetylenes is 1. The highest BCUT2D eigenvalue weighted by Gasteiger charge is 2.45. The van der Waals surface area contributed by atoms with E-state index in [1.165, 1.54) is 24.4 Å². The number of halogens is 4. The minimum absolute atomic E-state index is 0.0429. The van der Waals surface area contributed by atoms with Crippen LogP contribution in [0.4, 0.5) is 29.1 Å². The molecule has 4 rings (SSSR count). The lowest BCUT2D eigenvalue weighted by molar-refractivity contribution is -0.134. The van der Waals surface area contributed by atoms with Crippen LogP contribution in [0, 0.1) is 24.0 Å². The van der Waals surface area contributed by atoms with Gasteiger partial charge < -0.3 is 19.7 Å². The predicted molar refractivity (Wildman–Crippen MR) is 115 cm³/mol. The Hall–Kier alpha value is -3.58. The fourth-order valence-corrected chi connectivity index (χ4v) is 3.73. The second-order valence-corrected chi connectivity index (χ2v) is 7.69. The van der Waals surface area contributed by atoms with Crippen LogP contribution in [0.5, 0.6) is 11.5 Å². The van der Waals surface area contributed by atoms with Crippen LogP contribution in [0.2, 0.25) is 0 Å². The van der Waals surface area contributed by atoms with Crippen LogP contribution in [-0.4, -0.2) is 54.1 Å².